The Morgan fingerprint density at radius 3 is 1.80 bits per heavy atom. The zero-order chi connectivity index (χ0) is 12.5. The fraction of sp³-hybridized carbons (Fsp3) is 0.875. The van der Waals surface area contributed by atoms with E-state index in [1.54, 1.807) is 6.92 Å². The Hall–Kier alpha value is -0.660. The number of carboxylic acids is 1. The molecule has 1 unspecified atom stereocenters. The standard InChI is InChI=1S/C8H17NO5S/c1-5-6-8(7(10)11,9(2,3)4)15(12,13)14/h5-6H2,1-4H3,(H-,10,11,12,13,14)/p+1. The highest BCUT2D eigenvalue weighted by Gasteiger charge is 2.61. The fourth-order valence-electron chi connectivity index (χ4n) is 1.65. The molecule has 6 nitrogen and oxygen atoms in total. The van der Waals surface area contributed by atoms with Gasteiger partial charge in [-0.15, -0.1) is 0 Å². The first-order valence-electron chi connectivity index (χ1n) is 4.52. The Morgan fingerprint density at radius 1 is 1.33 bits per heavy atom. The summed E-state index contributed by atoms with van der Waals surface area (Å²) in [5, 5.41) is 9.07. The smallest absolute Gasteiger partial charge is 0.384 e. The van der Waals surface area contributed by atoms with Crippen LogP contribution in [0.2, 0.25) is 0 Å². The van der Waals surface area contributed by atoms with Crippen molar-refractivity contribution >= 4 is 16.1 Å². The normalized spacial score (nSPS) is 17.1. The lowest BCUT2D eigenvalue weighted by atomic mass is 10.1. The average Bonchev–Trinajstić information content (AvgIpc) is 1.93. The van der Waals surface area contributed by atoms with Gasteiger partial charge in [-0.1, -0.05) is 6.92 Å². The quantitative estimate of drug-likeness (QED) is 0.527. The Balaban J connectivity index is 5.84. The molecule has 90 valence electrons. The molecule has 0 aromatic carbocycles. The molecular formula is C8H18NO5S+. The van der Waals surface area contributed by atoms with E-state index in [4.69, 9.17) is 9.66 Å². The summed E-state index contributed by atoms with van der Waals surface area (Å²) < 4.78 is 31.3. The maximum Gasteiger partial charge on any atom is 0.384 e. The molecular weight excluding hydrogens is 222 g/mol. The van der Waals surface area contributed by atoms with Crippen molar-refractivity contribution < 1.29 is 27.4 Å². The van der Waals surface area contributed by atoms with Crippen LogP contribution in [0.15, 0.2) is 0 Å². The Bertz CT molecular complexity index is 343. The molecule has 0 radical (unpaired) electrons. The van der Waals surface area contributed by atoms with E-state index in [9.17, 15) is 13.2 Å². The molecule has 0 aromatic rings. The van der Waals surface area contributed by atoms with E-state index in [1.165, 1.54) is 21.1 Å². The lowest BCUT2D eigenvalue weighted by Crippen LogP contribution is -2.66. The minimum absolute atomic E-state index is 0.134. The Kier molecular flexibility index (Phi) is 3.89. The van der Waals surface area contributed by atoms with Gasteiger partial charge in [-0.05, 0) is 6.42 Å². The second-order valence-corrected chi connectivity index (χ2v) is 5.95. The van der Waals surface area contributed by atoms with Crippen LogP contribution in [0, 0.1) is 0 Å². The van der Waals surface area contributed by atoms with E-state index in [0.29, 0.717) is 6.42 Å². The van der Waals surface area contributed by atoms with E-state index < -0.39 is 21.0 Å². The summed E-state index contributed by atoms with van der Waals surface area (Å²) in [5.41, 5.74) is 0. The second kappa shape index (κ2) is 4.07. The predicted octanol–water partition coefficient (Wildman–Crippen LogP) is 0.161. The van der Waals surface area contributed by atoms with Crippen molar-refractivity contribution in [1.82, 2.24) is 0 Å². The largest absolute Gasteiger partial charge is 0.476 e. The summed E-state index contributed by atoms with van der Waals surface area (Å²) in [6.45, 7) is 1.67. The Morgan fingerprint density at radius 2 is 1.73 bits per heavy atom. The van der Waals surface area contributed by atoms with Crippen molar-refractivity contribution in [2.75, 3.05) is 21.1 Å². The number of quaternary nitrogens is 1. The molecule has 0 spiro atoms. The van der Waals surface area contributed by atoms with Gasteiger partial charge < -0.3 is 9.59 Å². The first-order chi connectivity index (χ1) is 6.50. The van der Waals surface area contributed by atoms with Gasteiger partial charge in [0.2, 0.25) is 0 Å². The number of hydrogen-bond acceptors (Lipinski definition) is 3. The van der Waals surface area contributed by atoms with Gasteiger partial charge in [0, 0.05) is 6.42 Å². The van der Waals surface area contributed by atoms with Crippen molar-refractivity contribution in [2.45, 2.75) is 24.6 Å². The second-order valence-electron chi connectivity index (χ2n) is 4.33. The number of aliphatic carboxylic acids is 1. The van der Waals surface area contributed by atoms with Crippen LogP contribution >= 0.6 is 0 Å². The van der Waals surface area contributed by atoms with Crippen LogP contribution in [0.1, 0.15) is 19.8 Å². The van der Waals surface area contributed by atoms with Crippen LogP contribution in [0.5, 0.6) is 0 Å². The summed E-state index contributed by atoms with van der Waals surface area (Å²) in [5.74, 6) is -1.53. The molecule has 0 aliphatic rings. The van der Waals surface area contributed by atoms with Crippen molar-refractivity contribution in [3.8, 4) is 0 Å². The highest BCUT2D eigenvalue weighted by molar-refractivity contribution is 7.87. The molecule has 0 fully saturated rings. The average molecular weight is 240 g/mol. The highest BCUT2D eigenvalue weighted by Crippen LogP contribution is 2.30. The minimum atomic E-state index is -4.67. The van der Waals surface area contributed by atoms with Crippen LogP contribution in [0.4, 0.5) is 0 Å². The van der Waals surface area contributed by atoms with Crippen LogP contribution in [-0.2, 0) is 14.9 Å². The molecule has 0 saturated carbocycles. The van der Waals surface area contributed by atoms with Gasteiger partial charge in [0.15, 0.2) is 0 Å². The molecule has 0 heterocycles. The summed E-state index contributed by atoms with van der Waals surface area (Å²) in [6.07, 6.45) is 0.215. The highest BCUT2D eigenvalue weighted by atomic mass is 32.2. The van der Waals surface area contributed by atoms with Crippen molar-refractivity contribution in [2.24, 2.45) is 0 Å². The van der Waals surface area contributed by atoms with Crippen LogP contribution in [0.25, 0.3) is 0 Å². The predicted molar refractivity (Wildman–Crippen MR) is 54.9 cm³/mol. The van der Waals surface area contributed by atoms with E-state index in [0.717, 1.165) is 0 Å². The molecule has 0 aliphatic carbocycles. The van der Waals surface area contributed by atoms with E-state index in [-0.39, 0.29) is 10.9 Å². The van der Waals surface area contributed by atoms with Crippen molar-refractivity contribution in [3.63, 3.8) is 0 Å². The third-order valence-corrected chi connectivity index (χ3v) is 4.21. The lowest BCUT2D eigenvalue weighted by molar-refractivity contribution is -0.899. The molecule has 15 heavy (non-hydrogen) atoms. The molecule has 1 atom stereocenters. The Labute approximate surface area is 89.8 Å². The van der Waals surface area contributed by atoms with Gasteiger partial charge in [-0.2, -0.15) is 8.42 Å². The molecule has 0 amide bonds. The maximum absolute atomic E-state index is 11.3. The maximum atomic E-state index is 11.3. The third kappa shape index (κ3) is 2.30. The van der Waals surface area contributed by atoms with Crippen LogP contribution < -0.4 is 0 Å². The summed E-state index contributed by atoms with van der Waals surface area (Å²) in [7, 11) is -0.389. The number of carboxylic acid groups (broad SMARTS) is 1. The summed E-state index contributed by atoms with van der Waals surface area (Å²) >= 11 is 0. The van der Waals surface area contributed by atoms with Gasteiger partial charge >= 0.3 is 21.0 Å². The van der Waals surface area contributed by atoms with Crippen LogP contribution in [-0.4, -0.2) is 54.5 Å². The number of hydrogen-bond donors (Lipinski definition) is 2. The van der Waals surface area contributed by atoms with Gasteiger partial charge in [0.25, 0.3) is 0 Å². The first kappa shape index (κ1) is 14.3. The van der Waals surface area contributed by atoms with E-state index in [2.05, 4.69) is 0 Å². The topological polar surface area (TPSA) is 91.7 Å². The molecule has 0 aromatic heterocycles. The number of rotatable bonds is 5. The van der Waals surface area contributed by atoms with Gasteiger partial charge in [-0.25, -0.2) is 4.79 Å². The number of likely N-dealkylation sites (N-methyl/N-ethyl adjacent to an activating group) is 1. The molecule has 0 aliphatic heterocycles. The monoisotopic (exact) mass is 240 g/mol. The van der Waals surface area contributed by atoms with Gasteiger partial charge in [0.05, 0.1) is 21.1 Å². The van der Waals surface area contributed by atoms with Gasteiger partial charge in [0.1, 0.15) is 0 Å². The lowest BCUT2D eigenvalue weighted by Gasteiger charge is -2.39. The summed E-state index contributed by atoms with van der Waals surface area (Å²) in [6, 6.07) is 0. The van der Waals surface area contributed by atoms with E-state index >= 15 is 0 Å². The first-order valence-corrected chi connectivity index (χ1v) is 5.96. The van der Waals surface area contributed by atoms with Gasteiger partial charge in [-0.3, -0.25) is 4.55 Å². The molecule has 0 saturated heterocycles. The molecule has 0 bridgehead atoms. The zero-order valence-corrected chi connectivity index (χ0v) is 10.2. The molecule has 0 rings (SSSR count). The number of carbonyl (C=O) groups is 1. The third-order valence-electron chi connectivity index (χ3n) is 2.43. The SMILES string of the molecule is CCCC(C(=O)O)([N+](C)(C)C)S(=O)(=O)O. The molecule has 7 heteroatoms. The van der Waals surface area contributed by atoms with Crippen molar-refractivity contribution in [3.05, 3.63) is 0 Å². The zero-order valence-electron chi connectivity index (χ0n) is 9.39. The molecule has 2 N–H and O–H groups in total. The van der Waals surface area contributed by atoms with E-state index in [1.807, 2.05) is 0 Å². The number of nitrogens with zero attached hydrogens (tertiary/aromatic N) is 1. The van der Waals surface area contributed by atoms with Crippen LogP contribution in [0.3, 0.4) is 0 Å². The minimum Gasteiger partial charge on any atom is -0.476 e. The van der Waals surface area contributed by atoms with Crippen molar-refractivity contribution in [1.29, 1.82) is 0 Å². The summed E-state index contributed by atoms with van der Waals surface area (Å²) in [4.78, 5) is 8.96. The fourth-order valence-corrected chi connectivity index (χ4v) is 3.03.